The Hall–Kier alpha value is 3.30. The Morgan fingerprint density at radius 1 is 1.43 bits per heavy atom. The number of hydrogen-bond donors (Lipinski definition) is 1. The van der Waals surface area contributed by atoms with E-state index in [1.165, 1.54) is 0 Å². The molecule has 0 aliphatic rings. The second-order valence-corrected chi connectivity index (χ2v) is 0.651. The minimum Gasteiger partial charge on any atom is -0.870 e. The third kappa shape index (κ3) is 45.5. The molecule has 34 valence electrons. The third-order valence-corrected chi connectivity index (χ3v) is 0. The Bertz CT molecular complexity index is 32.7. The van der Waals surface area contributed by atoms with Crippen molar-refractivity contribution in [2.24, 2.45) is 0 Å². The molecule has 0 fully saturated rings. The fraction of sp³-hybridized carbons (Fsp3) is 0. The van der Waals surface area contributed by atoms with Crippen LogP contribution >= 0.6 is 0 Å². The third-order valence-electron chi connectivity index (χ3n) is 0. The summed E-state index contributed by atoms with van der Waals surface area (Å²) < 4.78 is 24.1. The second kappa shape index (κ2) is 16.1. The summed E-state index contributed by atoms with van der Waals surface area (Å²) in [6.07, 6.45) is 0. The second-order valence-electron chi connectivity index (χ2n) is 0.217. The molecule has 0 aliphatic carbocycles. The van der Waals surface area contributed by atoms with Crippen LogP contribution in [0.3, 0.4) is 0 Å². The van der Waals surface area contributed by atoms with E-state index in [-0.39, 0.29) is 108 Å². The monoisotopic (exact) mass is 176 g/mol. The minimum absolute atomic E-state index is 0. The van der Waals surface area contributed by atoms with Crippen molar-refractivity contribution in [3.8, 4) is 0 Å². The Morgan fingerprint density at radius 3 is 1.43 bits per heavy atom. The summed E-state index contributed by atoms with van der Waals surface area (Å²) in [5.41, 5.74) is 0. The molecular weight excluding hydrogens is 174 g/mol. The smallest absolute Gasteiger partial charge is 0.870 e. The fourth-order valence-corrected chi connectivity index (χ4v) is 0. The van der Waals surface area contributed by atoms with E-state index in [0.29, 0.717) is 0 Å². The molecule has 0 aromatic rings. The van der Waals surface area contributed by atoms with Gasteiger partial charge in [-0.2, -0.15) is 0 Å². The van der Waals surface area contributed by atoms with Crippen LogP contribution in [0.5, 0.6) is 0 Å². The van der Waals surface area contributed by atoms with Crippen LogP contribution in [0.4, 0.5) is 0 Å². The van der Waals surface area contributed by atoms with Gasteiger partial charge < -0.3 is 14.6 Å². The van der Waals surface area contributed by atoms with Crippen LogP contribution in [0.2, 0.25) is 0 Å². The molecule has 0 bridgehead atoms. The molecule has 7 heavy (non-hydrogen) atoms. The van der Waals surface area contributed by atoms with Gasteiger partial charge in [-0.05, 0) is 0 Å². The first-order chi connectivity index (χ1) is 1.73. The van der Waals surface area contributed by atoms with Crippen LogP contribution in [-0.2, 0) is 11.4 Å². The molecule has 0 aromatic heterocycles. The predicted octanol–water partition coefficient (Wildman–Crippen LogP) is -6.83. The molecule has 0 heterocycles. The molecule has 2 N–H and O–H groups in total. The molecule has 0 rings (SSSR count). The van der Waals surface area contributed by atoms with Crippen LogP contribution in [0.1, 0.15) is 0 Å². The van der Waals surface area contributed by atoms with Crippen molar-refractivity contribution in [2.45, 2.75) is 0 Å². The van der Waals surface area contributed by atoms with Gasteiger partial charge in [0.25, 0.3) is 0 Å². The molecule has 7 heteroatoms. The number of rotatable bonds is 0. The molecule has 0 aromatic carbocycles. The molecule has 0 radical (unpaired) electrons. The zero-order valence-electron chi connectivity index (χ0n) is 4.12. The van der Waals surface area contributed by atoms with Crippen LogP contribution in [-0.4, -0.2) is 18.8 Å². The maximum Gasteiger partial charge on any atom is 1.00 e. The van der Waals surface area contributed by atoms with E-state index >= 15 is 0 Å². The first kappa shape index (κ1) is 22.4. The molecule has 1 unspecified atom stereocenters. The van der Waals surface area contributed by atoms with E-state index in [9.17, 15) is 0 Å². The Morgan fingerprint density at radius 2 is 1.43 bits per heavy atom. The van der Waals surface area contributed by atoms with Gasteiger partial charge in [0.2, 0.25) is 0 Å². The van der Waals surface area contributed by atoms with Gasteiger partial charge >= 0.3 is 103 Å². The van der Waals surface area contributed by atoms with Crippen LogP contribution in [0.15, 0.2) is 0 Å². The van der Waals surface area contributed by atoms with Gasteiger partial charge in [0.15, 0.2) is 0 Å². The summed E-state index contributed by atoms with van der Waals surface area (Å²) >= 11 is -2.86. The normalized spacial score (nSPS) is 8.86. The summed E-state index contributed by atoms with van der Waals surface area (Å²) in [5.74, 6) is 0. The van der Waals surface area contributed by atoms with E-state index in [4.69, 9.17) is 13.3 Å². The molecule has 1 atom stereocenters. The molecular formula is H2K2O4S. The fourth-order valence-electron chi connectivity index (χ4n) is 0. The summed E-state index contributed by atoms with van der Waals surface area (Å²) in [6.45, 7) is 0. The summed E-state index contributed by atoms with van der Waals surface area (Å²) in [4.78, 5) is 0. The quantitative estimate of drug-likeness (QED) is 0.293. The summed E-state index contributed by atoms with van der Waals surface area (Å²) in [7, 11) is 0. The maximum absolute atomic E-state index is 8.56. The van der Waals surface area contributed by atoms with E-state index in [0.717, 1.165) is 0 Å². The Kier molecular flexibility index (Phi) is 51.8. The maximum atomic E-state index is 8.56. The van der Waals surface area contributed by atoms with Gasteiger partial charge in [0.1, 0.15) is 0 Å². The zero-order valence-corrected chi connectivity index (χ0v) is 11.2. The largest absolute Gasteiger partial charge is 1.00 e. The molecule has 0 spiro atoms. The van der Waals surface area contributed by atoms with Crippen molar-refractivity contribution in [3.63, 3.8) is 0 Å². The molecule has 0 amide bonds. The van der Waals surface area contributed by atoms with Crippen molar-refractivity contribution in [1.29, 1.82) is 0 Å². The van der Waals surface area contributed by atoms with Gasteiger partial charge in [-0.25, -0.2) is 4.21 Å². The standard InChI is InChI=1S/2K.H2O3S.H2O/c;;1-4(2)3;/h;;(H2,1,2,3);1H2/q2*+1;;/p-2. The average molecular weight is 176 g/mol. The molecule has 0 aliphatic heterocycles. The van der Waals surface area contributed by atoms with Crippen molar-refractivity contribution in [3.05, 3.63) is 0 Å². The summed E-state index contributed by atoms with van der Waals surface area (Å²) in [5, 5.41) is 0. The van der Waals surface area contributed by atoms with Gasteiger partial charge in [0, 0.05) is 0 Å². The minimum atomic E-state index is -2.86. The molecule has 0 saturated heterocycles. The van der Waals surface area contributed by atoms with Crippen molar-refractivity contribution < 1.29 is 122 Å². The molecule has 0 saturated carbocycles. The van der Waals surface area contributed by atoms with Gasteiger partial charge in [-0.1, -0.05) is 0 Å². The van der Waals surface area contributed by atoms with Crippen molar-refractivity contribution >= 4 is 11.4 Å². The zero-order chi connectivity index (χ0) is 3.58. The van der Waals surface area contributed by atoms with E-state index in [1.807, 2.05) is 0 Å². The summed E-state index contributed by atoms with van der Waals surface area (Å²) in [6, 6.07) is 0. The predicted molar refractivity (Wildman–Crippen MR) is 13.5 cm³/mol. The van der Waals surface area contributed by atoms with Gasteiger partial charge in [0.05, 0.1) is 11.4 Å². The van der Waals surface area contributed by atoms with Crippen LogP contribution < -0.4 is 103 Å². The number of hydrogen-bond acceptors (Lipinski definition) is 3. The Balaban J connectivity index is -0.0000000150. The molecule has 4 nitrogen and oxygen atoms in total. The Labute approximate surface area is 129 Å². The van der Waals surface area contributed by atoms with E-state index in [1.54, 1.807) is 0 Å². The van der Waals surface area contributed by atoms with Crippen LogP contribution in [0, 0.1) is 0 Å². The first-order valence-corrected chi connectivity index (χ1v) is 1.55. The van der Waals surface area contributed by atoms with Gasteiger partial charge in [-0.3, -0.25) is 0 Å². The average Bonchev–Trinajstić information content (AvgIpc) is 0.811. The van der Waals surface area contributed by atoms with Crippen molar-refractivity contribution in [1.82, 2.24) is 0 Å². The van der Waals surface area contributed by atoms with E-state index < -0.39 is 11.4 Å². The van der Waals surface area contributed by atoms with Gasteiger partial charge in [-0.15, -0.1) is 0 Å². The first-order valence-electron chi connectivity index (χ1n) is 0.516. The van der Waals surface area contributed by atoms with E-state index in [2.05, 4.69) is 0 Å². The SMILES string of the molecule is O=S([O-])O.[K+].[K+].[OH-]. The van der Waals surface area contributed by atoms with Crippen molar-refractivity contribution in [2.75, 3.05) is 0 Å². The topological polar surface area (TPSA) is 90.4 Å². The van der Waals surface area contributed by atoms with Crippen LogP contribution in [0.25, 0.3) is 0 Å².